The van der Waals surface area contributed by atoms with Gasteiger partial charge in [-0.25, -0.2) is 9.97 Å². The van der Waals surface area contributed by atoms with E-state index < -0.39 is 18.3 Å². The number of anilines is 2. The molecule has 8 heteroatoms. The molecule has 7 nitrogen and oxygen atoms in total. The Morgan fingerprint density at radius 1 is 1.00 bits per heavy atom. The van der Waals surface area contributed by atoms with Crippen molar-refractivity contribution < 1.29 is 9.31 Å². The third-order valence-electron chi connectivity index (χ3n) is 4.57. The minimum absolute atomic E-state index is 0.399. The zero-order valence-electron chi connectivity index (χ0n) is 14.4. The molecule has 1 aliphatic rings. The van der Waals surface area contributed by atoms with Crippen molar-refractivity contribution in [2.24, 2.45) is 0 Å². The van der Waals surface area contributed by atoms with E-state index in [0.717, 1.165) is 10.8 Å². The van der Waals surface area contributed by atoms with Crippen LogP contribution in [0.1, 0.15) is 27.7 Å². The van der Waals surface area contributed by atoms with Gasteiger partial charge in [0.1, 0.15) is 5.82 Å². The molecule has 0 aromatic carbocycles. The topological polar surface area (TPSA) is 81.2 Å². The fourth-order valence-electron chi connectivity index (χ4n) is 2.45. The van der Waals surface area contributed by atoms with Crippen molar-refractivity contribution in [2.75, 3.05) is 24.7 Å². The Balaban J connectivity index is 2.07. The van der Waals surface area contributed by atoms with Crippen molar-refractivity contribution in [3.63, 3.8) is 0 Å². The molecule has 2 N–H and O–H groups in total. The van der Waals surface area contributed by atoms with E-state index in [1.54, 1.807) is 13.2 Å². The minimum Gasteiger partial charge on any atom is -0.399 e. The average molecular weight is 315 g/mol. The van der Waals surface area contributed by atoms with Crippen molar-refractivity contribution in [1.82, 2.24) is 15.0 Å². The van der Waals surface area contributed by atoms with Crippen molar-refractivity contribution in [2.45, 2.75) is 38.9 Å². The normalized spacial score (nSPS) is 19.1. The summed E-state index contributed by atoms with van der Waals surface area (Å²) in [7, 11) is 3.12. The van der Waals surface area contributed by atoms with Gasteiger partial charge >= 0.3 is 7.12 Å². The van der Waals surface area contributed by atoms with E-state index in [1.165, 1.54) is 0 Å². The highest BCUT2D eigenvalue weighted by Crippen LogP contribution is 2.37. The number of nitrogens with one attached hydrogen (secondary N) is 2. The first-order chi connectivity index (χ1) is 10.8. The fraction of sp³-hybridized carbons (Fsp3) is 0.533. The molecule has 0 atom stereocenters. The molecule has 0 amide bonds. The van der Waals surface area contributed by atoms with Gasteiger partial charge in [-0.2, -0.15) is 4.98 Å². The van der Waals surface area contributed by atoms with E-state index in [9.17, 15) is 0 Å². The standard InChI is InChI=1S/C15H22BN5O2/c1-14(2)15(3,4)23-16(22-14)10-7-9-8-19-13(18-6)21-11(9)20-12(10)17-5/h7-8H,1-6H3,(H2,17,18,19,20,21). The van der Waals surface area contributed by atoms with Gasteiger partial charge in [-0.15, -0.1) is 0 Å². The first kappa shape index (κ1) is 16.0. The zero-order chi connectivity index (χ0) is 16.8. The molecule has 0 spiro atoms. The number of fused-ring (bicyclic) bond motifs is 1. The molecule has 122 valence electrons. The lowest BCUT2D eigenvalue weighted by Crippen LogP contribution is -2.41. The molecule has 1 saturated heterocycles. The molecule has 3 rings (SSSR count). The van der Waals surface area contributed by atoms with Crippen LogP contribution in [0.15, 0.2) is 12.3 Å². The van der Waals surface area contributed by atoms with Crippen molar-refractivity contribution >= 4 is 35.4 Å². The Kier molecular flexibility index (Phi) is 3.69. The van der Waals surface area contributed by atoms with Crippen molar-refractivity contribution in [1.29, 1.82) is 0 Å². The Labute approximate surface area is 136 Å². The summed E-state index contributed by atoms with van der Waals surface area (Å²) in [4.78, 5) is 13.2. The van der Waals surface area contributed by atoms with Crippen LogP contribution in [0.5, 0.6) is 0 Å². The van der Waals surface area contributed by atoms with Gasteiger partial charge in [0.15, 0.2) is 5.65 Å². The number of nitrogens with zero attached hydrogens (tertiary/aromatic N) is 3. The van der Waals surface area contributed by atoms with Gasteiger partial charge in [-0.3, -0.25) is 0 Å². The van der Waals surface area contributed by atoms with Crippen LogP contribution < -0.4 is 16.1 Å². The lowest BCUT2D eigenvalue weighted by molar-refractivity contribution is 0.00578. The third-order valence-corrected chi connectivity index (χ3v) is 4.57. The minimum atomic E-state index is -0.483. The highest BCUT2D eigenvalue weighted by molar-refractivity contribution is 6.64. The van der Waals surface area contributed by atoms with Gasteiger partial charge in [0.25, 0.3) is 0 Å². The molecule has 0 bridgehead atoms. The van der Waals surface area contributed by atoms with Gasteiger partial charge in [0.2, 0.25) is 5.95 Å². The molecule has 23 heavy (non-hydrogen) atoms. The van der Waals surface area contributed by atoms with Crippen LogP contribution in [0, 0.1) is 0 Å². The maximum atomic E-state index is 6.13. The number of hydrogen-bond acceptors (Lipinski definition) is 7. The van der Waals surface area contributed by atoms with E-state index in [-0.39, 0.29) is 0 Å². The summed E-state index contributed by atoms with van der Waals surface area (Å²) < 4.78 is 12.3. The van der Waals surface area contributed by atoms with Gasteiger partial charge in [-0.05, 0) is 33.8 Å². The van der Waals surface area contributed by atoms with Crippen LogP contribution in [-0.4, -0.2) is 47.4 Å². The molecule has 0 radical (unpaired) electrons. The molecule has 0 unspecified atom stereocenters. The number of hydrogen-bond donors (Lipinski definition) is 2. The third kappa shape index (κ3) is 2.62. The van der Waals surface area contributed by atoms with Crippen LogP contribution in [0.4, 0.5) is 11.8 Å². The Bertz CT molecular complexity index is 734. The maximum absolute atomic E-state index is 6.13. The second-order valence-electron chi connectivity index (χ2n) is 6.62. The lowest BCUT2D eigenvalue weighted by Gasteiger charge is -2.32. The summed E-state index contributed by atoms with van der Waals surface area (Å²) in [5.74, 6) is 1.23. The molecule has 3 heterocycles. The van der Waals surface area contributed by atoms with Crippen LogP contribution >= 0.6 is 0 Å². The molecule has 0 saturated carbocycles. The van der Waals surface area contributed by atoms with E-state index in [0.29, 0.717) is 17.4 Å². The smallest absolute Gasteiger partial charge is 0.399 e. The maximum Gasteiger partial charge on any atom is 0.498 e. The highest BCUT2D eigenvalue weighted by atomic mass is 16.7. The van der Waals surface area contributed by atoms with E-state index in [2.05, 4.69) is 25.6 Å². The van der Waals surface area contributed by atoms with Gasteiger partial charge in [0, 0.05) is 31.1 Å². The number of rotatable bonds is 3. The predicted octanol–water partition coefficient (Wildman–Crippen LogP) is 1.41. The number of aromatic nitrogens is 3. The lowest BCUT2D eigenvalue weighted by atomic mass is 9.79. The second kappa shape index (κ2) is 5.31. The molecule has 2 aromatic rings. The molecular weight excluding hydrogens is 293 g/mol. The fourth-order valence-corrected chi connectivity index (χ4v) is 2.45. The summed E-state index contributed by atoms with van der Waals surface area (Å²) in [6.45, 7) is 8.12. The molecule has 2 aromatic heterocycles. The largest absolute Gasteiger partial charge is 0.498 e. The monoisotopic (exact) mass is 315 g/mol. The summed E-state index contributed by atoms with van der Waals surface area (Å²) in [6.07, 6.45) is 1.75. The quantitative estimate of drug-likeness (QED) is 0.829. The molecule has 0 aliphatic carbocycles. The average Bonchev–Trinajstić information content (AvgIpc) is 2.73. The van der Waals surface area contributed by atoms with Crippen LogP contribution in [0.3, 0.4) is 0 Å². The summed E-state index contributed by atoms with van der Waals surface area (Å²) in [5.41, 5.74) is 0.669. The van der Waals surface area contributed by atoms with E-state index in [4.69, 9.17) is 9.31 Å². The number of pyridine rings is 1. The molecule has 1 aliphatic heterocycles. The molecule has 1 fully saturated rings. The first-order valence-corrected chi connectivity index (χ1v) is 7.66. The summed E-state index contributed by atoms with van der Waals surface area (Å²) in [6, 6.07) is 1.97. The Morgan fingerprint density at radius 3 is 2.22 bits per heavy atom. The van der Waals surface area contributed by atoms with Crippen molar-refractivity contribution in [3.05, 3.63) is 12.3 Å². The van der Waals surface area contributed by atoms with Crippen LogP contribution in [-0.2, 0) is 9.31 Å². The van der Waals surface area contributed by atoms with Gasteiger partial charge in [-0.1, -0.05) is 0 Å². The SMILES string of the molecule is CNc1ncc2cc(B3OC(C)(C)C(C)(C)O3)c(NC)nc2n1. The summed E-state index contributed by atoms with van der Waals surface area (Å²) >= 11 is 0. The Hall–Kier alpha value is -1.93. The molecular formula is C15H22BN5O2. The van der Waals surface area contributed by atoms with Gasteiger partial charge < -0.3 is 19.9 Å². The van der Waals surface area contributed by atoms with Crippen LogP contribution in [0.25, 0.3) is 11.0 Å². The first-order valence-electron chi connectivity index (χ1n) is 7.66. The zero-order valence-corrected chi connectivity index (χ0v) is 14.4. The summed E-state index contributed by atoms with van der Waals surface area (Å²) in [5, 5.41) is 6.86. The predicted molar refractivity (Wildman–Crippen MR) is 92.1 cm³/mol. The highest BCUT2D eigenvalue weighted by Gasteiger charge is 2.52. The Morgan fingerprint density at radius 2 is 1.65 bits per heavy atom. The van der Waals surface area contributed by atoms with Crippen LogP contribution in [0.2, 0.25) is 0 Å². The van der Waals surface area contributed by atoms with E-state index in [1.807, 2.05) is 40.8 Å². The van der Waals surface area contributed by atoms with Gasteiger partial charge in [0.05, 0.1) is 11.2 Å². The van der Waals surface area contributed by atoms with E-state index >= 15 is 0 Å². The van der Waals surface area contributed by atoms with Crippen molar-refractivity contribution in [3.8, 4) is 0 Å². The second-order valence-corrected chi connectivity index (χ2v) is 6.62.